The second-order valence-corrected chi connectivity index (χ2v) is 6.26. The van der Waals surface area contributed by atoms with Crippen LogP contribution < -0.4 is 0 Å². The number of ether oxygens (including phenoxy) is 1. The van der Waals surface area contributed by atoms with E-state index in [1.54, 1.807) is 0 Å². The van der Waals surface area contributed by atoms with Gasteiger partial charge in [0.1, 0.15) is 24.4 Å². The van der Waals surface area contributed by atoms with Gasteiger partial charge in [0.2, 0.25) is 0 Å². The molecule has 131 valence electrons. The molecule has 0 aliphatic carbocycles. The minimum Gasteiger partial charge on any atom is -0.388 e. The fourth-order valence-corrected chi connectivity index (χ4v) is 3.18. The van der Waals surface area contributed by atoms with Gasteiger partial charge in [0, 0.05) is 32.7 Å². The molecule has 0 aromatic heterocycles. The molecule has 1 aliphatic heterocycles. The Bertz CT molecular complexity index is 662. The van der Waals surface area contributed by atoms with E-state index in [0.717, 1.165) is 17.5 Å². The first-order chi connectivity index (χ1) is 11.6. The van der Waals surface area contributed by atoms with Crippen molar-refractivity contribution < 1.29 is 52.8 Å². The SMILES string of the molecule is [CH2-]C[C@H]1O[C@@H](c2cccc(Cc3ccccc3)c2)[C@H](O)[C@@H](O)[C@@H]1O.[Y]. The molecule has 25 heavy (non-hydrogen) atoms. The maximum atomic E-state index is 10.3. The Hall–Kier alpha value is -0.616. The van der Waals surface area contributed by atoms with Crippen molar-refractivity contribution in [2.45, 2.75) is 43.4 Å². The standard InChI is InChI=1S/C20H23O4.Y/c1-2-16-17(21)18(22)19(23)20(24-16)15-10-6-9-14(12-15)11-13-7-4-3-5-8-13;/h3-10,12,16-23H,1-2,11H2;/q-1;/t16-,17-,18+,19-,20+;/m1./s1. The minimum absolute atomic E-state index is 0. The van der Waals surface area contributed by atoms with E-state index in [4.69, 9.17) is 4.74 Å². The normalized spacial score (nSPS) is 29.0. The summed E-state index contributed by atoms with van der Waals surface area (Å²) in [4.78, 5) is 0. The summed E-state index contributed by atoms with van der Waals surface area (Å²) in [5.74, 6) is 0. The van der Waals surface area contributed by atoms with E-state index in [1.807, 2.05) is 42.5 Å². The van der Waals surface area contributed by atoms with E-state index in [2.05, 4.69) is 19.1 Å². The van der Waals surface area contributed by atoms with Gasteiger partial charge in [0.25, 0.3) is 0 Å². The third-order valence-electron chi connectivity index (χ3n) is 4.53. The van der Waals surface area contributed by atoms with Gasteiger partial charge in [0.05, 0.1) is 6.10 Å². The molecule has 5 heteroatoms. The summed E-state index contributed by atoms with van der Waals surface area (Å²) in [6.45, 7) is 3.74. The molecule has 1 saturated heterocycles. The third-order valence-corrected chi connectivity index (χ3v) is 4.53. The smallest absolute Gasteiger partial charge is 0.113 e. The van der Waals surface area contributed by atoms with Crippen molar-refractivity contribution >= 4 is 0 Å². The van der Waals surface area contributed by atoms with Crippen LogP contribution in [0.15, 0.2) is 54.6 Å². The molecule has 1 radical (unpaired) electrons. The molecule has 0 saturated carbocycles. The van der Waals surface area contributed by atoms with Gasteiger partial charge >= 0.3 is 0 Å². The van der Waals surface area contributed by atoms with E-state index in [0.29, 0.717) is 6.42 Å². The van der Waals surface area contributed by atoms with Crippen LogP contribution in [0.4, 0.5) is 0 Å². The zero-order valence-corrected chi connectivity index (χ0v) is 16.9. The second-order valence-electron chi connectivity index (χ2n) is 6.26. The van der Waals surface area contributed by atoms with Crippen molar-refractivity contribution in [3.63, 3.8) is 0 Å². The molecular weight excluding hydrogens is 393 g/mol. The Morgan fingerprint density at radius 1 is 0.840 bits per heavy atom. The topological polar surface area (TPSA) is 69.9 Å². The van der Waals surface area contributed by atoms with Gasteiger partial charge in [-0.05, 0) is 23.1 Å². The quantitative estimate of drug-likeness (QED) is 0.668. The predicted octanol–water partition coefficient (Wildman–Crippen LogP) is 2.02. The van der Waals surface area contributed by atoms with Crippen molar-refractivity contribution in [1.29, 1.82) is 0 Å². The average molecular weight is 416 g/mol. The first-order valence-corrected chi connectivity index (χ1v) is 8.22. The molecule has 1 fully saturated rings. The number of hydrogen-bond acceptors (Lipinski definition) is 4. The van der Waals surface area contributed by atoms with E-state index < -0.39 is 30.5 Å². The van der Waals surface area contributed by atoms with Crippen molar-refractivity contribution in [3.05, 3.63) is 78.2 Å². The average Bonchev–Trinajstić information content (AvgIpc) is 2.61. The fourth-order valence-electron chi connectivity index (χ4n) is 3.18. The molecule has 2 aromatic rings. The van der Waals surface area contributed by atoms with Gasteiger partial charge in [-0.2, -0.15) is 6.42 Å². The summed E-state index contributed by atoms with van der Waals surface area (Å²) in [5, 5.41) is 30.3. The summed E-state index contributed by atoms with van der Waals surface area (Å²) in [5.41, 5.74) is 3.09. The number of aliphatic hydroxyl groups is 3. The van der Waals surface area contributed by atoms with Crippen LogP contribution >= 0.6 is 0 Å². The maximum Gasteiger partial charge on any atom is 0.113 e. The van der Waals surface area contributed by atoms with Gasteiger partial charge in [0.15, 0.2) is 0 Å². The van der Waals surface area contributed by atoms with E-state index in [1.165, 1.54) is 5.56 Å². The fraction of sp³-hybridized carbons (Fsp3) is 0.350. The predicted molar refractivity (Wildman–Crippen MR) is 91.3 cm³/mol. The Morgan fingerprint density at radius 2 is 1.52 bits per heavy atom. The molecule has 1 aliphatic rings. The monoisotopic (exact) mass is 416 g/mol. The molecule has 0 amide bonds. The Labute approximate surface area is 173 Å². The molecule has 1 heterocycles. The molecule has 5 atom stereocenters. The Balaban J connectivity index is 0.00000225. The van der Waals surface area contributed by atoms with Crippen LogP contribution in [0.5, 0.6) is 0 Å². The summed E-state index contributed by atoms with van der Waals surface area (Å²) in [7, 11) is 0. The largest absolute Gasteiger partial charge is 0.388 e. The van der Waals surface area contributed by atoms with Crippen molar-refractivity contribution in [3.8, 4) is 0 Å². The number of rotatable bonds is 4. The Morgan fingerprint density at radius 3 is 2.20 bits per heavy atom. The number of hydrogen-bond donors (Lipinski definition) is 3. The minimum atomic E-state index is -1.24. The third kappa shape index (κ3) is 4.76. The van der Waals surface area contributed by atoms with Crippen molar-refractivity contribution in [2.75, 3.05) is 0 Å². The van der Waals surface area contributed by atoms with Crippen LogP contribution in [0, 0.1) is 6.92 Å². The van der Waals surface area contributed by atoms with Gasteiger partial charge in [-0.1, -0.05) is 54.6 Å². The molecule has 0 bridgehead atoms. The molecule has 3 rings (SSSR count). The summed E-state index contributed by atoms with van der Waals surface area (Å²) < 4.78 is 5.80. The number of benzene rings is 2. The van der Waals surface area contributed by atoms with Gasteiger partial charge in [-0.15, -0.1) is 0 Å². The summed E-state index contributed by atoms with van der Waals surface area (Å²) in [6.07, 6.45) is -3.70. The Kier molecular flexibility index (Phi) is 7.75. The van der Waals surface area contributed by atoms with E-state index >= 15 is 0 Å². The van der Waals surface area contributed by atoms with Crippen LogP contribution in [-0.4, -0.2) is 39.7 Å². The first-order valence-electron chi connectivity index (χ1n) is 8.22. The van der Waals surface area contributed by atoms with E-state index in [9.17, 15) is 15.3 Å². The molecule has 3 N–H and O–H groups in total. The van der Waals surface area contributed by atoms with Crippen LogP contribution in [0.1, 0.15) is 29.2 Å². The number of aliphatic hydroxyl groups excluding tert-OH is 3. The van der Waals surface area contributed by atoms with Gasteiger partial charge in [-0.25, -0.2) is 0 Å². The van der Waals surface area contributed by atoms with Crippen LogP contribution in [0.3, 0.4) is 0 Å². The summed E-state index contributed by atoms with van der Waals surface area (Å²) in [6, 6.07) is 17.9. The van der Waals surface area contributed by atoms with Gasteiger partial charge < -0.3 is 27.0 Å². The maximum absolute atomic E-state index is 10.3. The zero-order chi connectivity index (χ0) is 17.1. The summed E-state index contributed by atoms with van der Waals surface area (Å²) >= 11 is 0. The van der Waals surface area contributed by atoms with Gasteiger partial charge in [-0.3, -0.25) is 0 Å². The van der Waals surface area contributed by atoms with Crippen LogP contribution in [-0.2, 0) is 43.9 Å². The molecule has 0 unspecified atom stereocenters. The van der Waals surface area contributed by atoms with E-state index in [-0.39, 0.29) is 32.7 Å². The van der Waals surface area contributed by atoms with Crippen LogP contribution in [0.2, 0.25) is 0 Å². The molecule has 2 aromatic carbocycles. The molecule has 0 spiro atoms. The second kappa shape index (κ2) is 9.36. The van der Waals surface area contributed by atoms with Crippen LogP contribution in [0.25, 0.3) is 0 Å². The molecular formula is C20H23O4Y-. The molecule has 4 nitrogen and oxygen atoms in total. The zero-order valence-electron chi connectivity index (χ0n) is 14.0. The first kappa shape index (κ1) is 20.7. The van der Waals surface area contributed by atoms with Crippen molar-refractivity contribution in [2.24, 2.45) is 0 Å². The van der Waals surface area contributed by atoms with Crippen molar-refractivity contribution in [1.82, 2.24) is 0 Å².